The molecule has 1 N–H and O–H groups in total. The highest BCUT2D eigenvalue weighted by atomic mass is 35.5. The Balaban J connectivity index is 2.05. The Hall–Kier alpha value is -1.99. The van der Waals surface area contributed by atoms with Crippen molar-refractivity contribution < 1.29 is 4.79 Å². The van der Waals surface area contributed by atoms with Gasteiger partial charge in [0.15, 0.2) is 0 Å². The molecule has 1 aliphatic rings. The van der Waals surface area contributed by atoms with Crippen molar-refractivity contribution in [3.05, 3.63) is 41.1 Å². The highest BCUT2D eigenvalue weighted by Crippen LogP contribution is 2.16. The fraction of sp³-hybridized carbons (Fsp3) is 0.333. The molecule has 20 heavy (non-hydrogen) atoms. The first kappa shape index (κ1) is 14.4. The van der Waals surface area contributed by atoms with E-state index in [1.165, 1.54) is 6.42 Å². The molecule has 0 atom stereocenters. The topological polar surface area (TPSA) is 56.1 Å². The Morgan fingerprint density at radius 2 is 2.10 bits per heavy atom. The zero-order valence-corrected chi connectivity index (χ0v) is 11.9. The number of anilines is 1. The lowest BCUT2D eigenvalue weighted by molar-refractivity contribution is -0.112. The van der Waals surface area contributed by atoms with E-state index in [0.717, 1.165) is 25.9 Å². The number of benzene rings is 1. The molecule has 1 saturated heterocycles. The van der Waals surface area contributed by atoms with Crippen molar-refractivity contribution in [2.24, 2.45) is 0 Å². The van der Waals surface area contributed by atoms with Gasteiger partial charge < -0.3 is 10.2 Å². The normalized spacial score (nSPS) is 15.6. The second-order valence-corrected chi connectivity index (χ2v) is 5.15. The maximum Gasteiger partial charge on any atom is 0.267 e. The third kappa shape index (κ3) is 4.01. The molecular formula is C15H16ClN3O. The lowest BCUT2D eigenvalue weighted by Crippen LogP contribution is -2.26. The van der Waals surface area contributed by atoms with E-state index in [9.17, 15) is 4.79 Å². The number of halogens is 1. The van der Waals surface area contributed by atoms with E-state index in [2.05, 4.69) is 5.32 Å². The van der Waals surface area contributed by atoms with Crippen LogP contribution in [0.2, 0.25) is 5.02 Å². The molecule has 0 aromatic heterocycles. The Morgan fingerprint density at radius 3 is 2.75 bits per heavy atom. The number of nitrogens with one attached hydrogen (secondary N) is 1. The number of piperidine rings is 1. The van der Waals surface area contributed by atoms with Crippen LogP contribution in [0.4, 0.5) is 5.69 Å². The highest BCUT2D eigenvalue weighted by Gasteiger charge is 2.13. The average molecular weight is 290 g/mol. The quantitative estimate of drug-likeness (QED) is 0.687. The van der Waals surface area contributed by atoms with Crippen LogP contribution >= 0.6 is 11.6 Å². The molecule has 1 fully saturated rings. The number of nitrogens with zero attached hydrogens (tertiary/aromatic N) is 2. The fourth-order valence-corrected chi connectivity index (χ4v) is 2.32. The number of hydrogen-bond acceptors (Lipinski definition) is 3. The summed E-state index contributed by atoms with van der Waals surface area (Å²) in [5, 5.41) is 12.4. The molecule has 0 saturated carbocycles. The summed E-state index contributed by atoms with van der Waals surface area (Å²) >= 11 is 5.86. The number of likely N-dealkylation sites (tertiary alicyclic amines) is 1. The number of carbonyl (C=O) groups is 1. The SMILES string of the molecule is N#C/C(=C\N1CCCCC1)C(=O)Nc1cccc(Cl)c1. The van der Waals surface area contributed by atoms with Crippen molar-refractivity contribution in [3.63, 3.8) is 0 Å². The number of hydrogen-bond donors (Lipinski definition) is 1. The predicted octanol–water partition coefficient (Wildman–Crippen LogP) is 3.17. The Labute approximate surface area is 123 Å². The van der Waals surface area contributed by atoms with Crippen molar-refractivity contribution in [3.8, 4) is 6.07 Å². The number of rotatable bonds is 3. The van der Waals surface area contributed by atoms with Gasteiger partial charge in [0.05, 0.1) is 0 Å². The monoisotopic (exact) mass is 289 g/mol. The number of nitriles is 1. The molecule has 0 unspecified atom stereocenters. The molecule has 0 spiro atoms. The van der Waals surface area contributed by atoms with Gasteiger partial charge in [0.25, 0.3) is 5.91 Å². The zero-order chi connectivity index (χ0) is 14.4. The van der Waals surface area contributed by atoms with Gasteiger partial charge in [0.2, 0.25) is 0 Å². The van der Waals surface area contributed by atoms with Crippen LogP contribution in [0, 0.1) is 11.3 Å². The van der Waals surface area contributed by atoms with Crippen LogP contribution in [-0.4, -0.2) is 23.9 Å². The highest BCUT2D eigenvalue weighted by molar-refractivity contribution is 6.31. The summed E-state index contributed by atoms with van der Waals surface area (Å²) in [5.74, 6) is -0.402. The van der Waals surface area contributed by atoms with E-state index in [-0.39, 0.29) is 5.57 Å². The van der Waals surface area contributed by atoms with E-state index in [0.29, 0.717) is 10.7 Å². The minimum atomic E-state index is -0.402. The van der Waals surface area contributed by atoms with E-state index in [4.69, 9.17) is 16.9 Å². The van der Waals surface area contributed by atoms with E-state index >= 15 is 0 Å². The van der Waals surface area contributed by atoms with Crippen LogP contribution in [0.15, 0.2) is 36.0 Å². The van der Waals surface area contributed by atoms with Crippen LogP contribution in [-0.2, 0) is 4.79 Å². The summed E-state index contributed by atoms with van der Waals surface area (Å²) < 4.78 is 0. The lowest BCUT2D eigenvalue weighted by Gasteiger charge is -2.25. The summed E-state index contributed by atoms with van der Waals surface area (Å²) in [6.07, 6.45) is 5.07. The first-order valence-electron chi connectivity index (χ1n) is 6.62. The fourth-order valence-electron chi connectivity index (χ4n) is 2.13. The van der Waals surface area contributed by atoms with Gasteiger partial charge in [-0.1, -0.05) is 17.7 Å². The molecule has 1 aromatic rings. The van der Waals surface area contributed by atoms with Crippen LogP contribution in [0.5, 0.6) is 0 Å². The van der Waals surface area contributed by atoms with Crippen molar-refractivity contribution in [1.29, 1.82) is 5.26 Å². The first-order chi connectivity index (χ1) is 9.69. The molecule has 1 aliphatic heterocycles. The Kier molecular flexibility index (Phi) is 5.03. The molecule has 104 valence electrons. The molecule has 1 aromatic carbocycles. The van der Waals surface area contributed by atoms with E-state index < -0.39 is 5.91 Å². The molecule has 0 bridgehead atoms. The van der Waals surface area contributed by atoms with Gasteiger partial charge in [-0.3, -0.25) is 4.79 Å². The standard InChI is InChI=1S/C15H16ClN3O/c16-13-5-4-6-14(9-13)18-15(20)12(10-17)11-19-7-2-1-3-8-19/h4-6,9,11H,1-3,7-8H2,(H,18,20)/b12-11+. The molecular weight excluding hydrogens is 274 g/mol. The van der Waals surface area contributed by atoms with Gasteiger partial charge in [0.1, 0.15) is 11.6 Å². The van der Waals surface area contributed by atoms with Crippen LogP contribution in [0.1, 0.15) is 19.3 Å². The van der Waals surface area contributed by atoms with Crippen molar-refractivity contribution in [2.45, 2.75) is 19.3 Å². The zero-order valence-electron chi connectivity index (χ0n) is 11.1. The molecule has 1 heterocycles. The lowest BCUT2D eigenvalue weighted by atomic mass is 10.1. The van der Waals surface area contributed by atoms with Gasteiger partial charge in [-0.05, 0) is 37.5 Å². The van der Waals surface area contributed by atoms with Crippen LogP contribution in [0.3, 0.4) is 0 Å². The smallest absolute Gasteiger partial charge is 0.267 e. The number of amides is 1. The molecule has 1 amide bonds. The van der Waals surface area contributed by atoms with Gasteiger partial charge in [0, 0.05) is 30.0 Å². The Morgan fingerprint density at radius 1 is 1.35 bits per heavy atom. The van der Waals surface area contributed by atoms with E-state index in [1.54, 1.807) is 30.5 Å². The summed E-state index contributed by atoms with van der Waals surface area (Å²) in [6, 6.07) is 8.82. The van der Waals surface area contributed by atoms with Crippen molar-refractivity contribution in [2.75, 3.05) is 18.4 Å². The molecule has 5 heteroatoms. The maximum atomic E-state index is 12.1. The predicted molar refractivity (Wildman–Crippen MR) is 79.2 cm³/mol. The second-order valence-electron chi connectivity index (χ2n) is 4.72. The van der Waals surface area contributed by atoms with Crippen LogP contribution in [0.25, 0.3) is 0 Å². The molecule has 4 nitrogen and oxygen atoms in total. The van der Waals surface area contributed by atoms with Gasteiger partial charge in [-0.25, -0.2) is 0 Å². The third-order valence-electron chi connectivity index (χ3n) is 3.15. The van der Waals surface area contributed by atoms with Crippen LogP contribution < -0.4 is 5.32 Å². The average Bonchev–Trinajstić information content (AvgIpc) is 2.45. The molecule has 0 aliphatic carbocycles. The van der Waals surface area contributed by atoms with E-state index in [1.807, 2.05) is 11.0 Å². The summed E-state index contributed by atoms with van der Waals surface area (Å²) in [5.41, 5.74) is 0.703. The minimum Gasteiger partial charge on any atom is -0.376 e. The van der Waals surface area contributed by atoms with Gasteiger partial charge in [-0.15, -0.1) is 0 Å². The molecule has 2 rings (SSSR count). The second kappa shape index (κ2) is 6.97. The van der Waals surface area contributed by atoms with Gasteiger partial charge >= 0.3 is 0 Å². The molecule has 0 radical (unpaired) electrons. The van der Waals surface area contributed by atoms with Crippen molar-refractivity contribution >= 4 is 23.2 Å². The minimum absolute atomic E-state index is 0.117. The largest absolute Gasteiger partial charge is 0.376 e. The third-order valence-corrected chi connectivity index (χ3v) is 3.38. The summed E-state index contributed by atoms with van der Waals surface area (Å²) in [4.78, 5) is 14.1. The summed E-state index contributed by atoms with van der Waals surface area (Å²) in [6.45, 7) is 1.80. The van der Waals surface area contributed by atoms with Crippen molar-refractivity contribution in [1.82, 2.24) is 4.90 Å². The number of carbonyl (C=O) groups excluding carboxylic acids is 1. The maximum absolute atomic E-state index is 12.1. The Bertz CT molecular complexity index is 556. The van der Waals surface area contributed by atoms with Gasteiger partial charge in [-0.2, -0.15) is 5.26 Å². The first-order valence-corrected chi connectivity index (χ1v) is 7.00. The summed E-state index contributed by atoms with van der Waals surface area (Å²) in [7, 11) is 0.